The summed E-state index contributed by atoms with van der Waals surface area (Å²) >= 11 is 0. The van der Waals surface area contributed by atoms with Crippen LogP contribution in [0.4, 0.5) is 16.2 Å². The Kier molecular flexibility index (Phi) is 8.36. The number of hydrogen-bond acceptors (Lipinski definition) is 11. The quantitative estimate of drug-likeness (QED) is 0.203. The summed E-state index contributed by atoms with van der Waals surface area (Å²) in [4.78, 5) is 24.7. The molecule has 1 aliphatic rings. The third-order valence-corrected chi connectivity index (χ3v) is 8.61. The van der Waals surface area contributed by atoms with Gasteiger partial charge in [-0.2, -0.15) is 15.1 Å². The molecule has 6 N–H and O–H groups in total. The second kappa shape index (κ2) is 11.3. The summed E-state index contributed by atoms with van der Waals surface area (Å²) in [6.45, 7) is 7.46. The lowest BCUT2D eigenvalue weighted by atomic mass is 9.95. The number of fused-ring (bicyclic) bond motifs is 1. The van der Waals surface area contributed by atoms with E-state index in [2.05, 4.69) is 20.0 Å². The molecule has 0 spiro atoms. The van der Waals surface area contributed by atoms with E-state index in [4.69, 9.17) is 25.3 Å². The fourth-order valence-corrected chi connectivity index (χ4v) is 6.60. The molecule has 0 unspecified atom stereocenters. The van der Waals surface area contributed by atoms with Crippen molar-refractivity contribution >= 4 is 36.6 Å². The number of carbonyl (C=O) groups excluding carboxylic acids is 1. The average Bonchev–Trinajstić information content (AvgIpc) is 3.33. The number of hydrogen-bond donors (Lipinski definition) is 4. The molecular weight excluding hydrogens is 544 g/mol. The maximum absolute atomic E-state index is 16.2. The number of aliphatic hydroxyl groups is 1. The van der Waals surface area contributed by atoms with Gasteiger partial charge in [-0.3, -0.25) is 9.32 Å². The van der Waals surface area contributed by atoms with Crippen LogP contribution in [0.1, 0.15) is 40.7 Å². The highest BCUT2D eigenvalue weighted by Gasteiger charge is 2.58. The summed E-state index contributed by atoms with van der Waals surface area (Å²) in [6, 6.07) is 6.22. The number of aromatic nitrogens is 4. The van der Waals surface area contributed by atoms with Gasteiger partial charge in [-0.1, -0.05) is 25.1 Å². The van der Waals surface area contributed by atoms with Crippen LogP contribution in [0.25, 0.3) is 11.2 Å². The van der Waals surface area contributed by atoms with Gasteiger partial charge in [-0.25, -0.2) is 13.9 Å². The Morgan fingerprint density at radius 3 is 2.58 bits per heavy atom. The van der Waals surface area contributed by atoms with Crippen LogP contribution in [0.15, 0.2) is 36.7 Å². The smallest absolute Gasteiger partial charge is 0.459 e. The Balaban J connectivity index is 1.60. The number of aliphatic hydroxyl groups excluding tert-OH is 1. The number of imidazole rings is 1. The number of alkyl halides is 1. The number of benzene rings is 1. The van der Waals surface area contributed by atoms with Gasteiger partial charge in [-0.15, -0.1) is 0 Å². The molecule has 0 amide bonds. The van der Waals surface area contributed by atoms with Gasteiger partial charge in [0.2, 0.25) is 5.95 Å². The molecule has 1 saturated carbocycles. The summed E-state index contributed by atoms with van der Waals surface area (Å²) in [5, 5.41) is 13.7. The van der Waals surface area contributed by atoms with Crippen LogP contribution in [0.3, 0.4) is 0 Å². The summed E-state index contributed by atoms with van der Waals surface area (Å²) in [6.07, 6.45) is -0.553. The molecule has 7 atom stereocenters. The molecule has 0 radical (unpaired) electrons. The molecule has 2 aromatic heterocycles. The maximum atomic E-state index is 16.2. The Hall–Kier alpha value is -3.32. The largest absolute Gasteiger partial charge is 0.462 e. The van der Waals surface area contributed by atoms with E-state index in [-0.39, 0.29) is 35.3 Å². The van der Waals surface area contributed by atoms with Gasteiger partial charge >= 0.3 is 13.7 Å². The van der Waals surface area contributed by atoms with Crippen molar-refractivity contribution in [3.63, 3.8) is 0 Å². The van der Waals surface area contributed by atoms with Crippen molar-refractivity contribution in [2.75, 3.05) is 18.1 Å². The molecule has 218 valence electrons. The Bertz CT molecular complexity index is 1410. The molecule has 40 heavy (non-hydrogen) atoms. The Labute approximate surface area is 231 Å². The number of carbonyl (C=O) groups is 1. The van der Waals surface area contributed by atoms with Crippen LogP contribution in [-0.2, 0) is 18.6 Å². The fourth-order valence-electron chi connectivity index (χ4n) is 5.08. The second-order valence-electron chi connectivity index (χ2n) is 10.4. The lowest BCUT2D eigenvalue weighted by Gasteiger charge is -2.28. The number of ether oxygens (including phenoxy) is 1. The lowest BCUT2D eigenvalue weighted by molar-refractivity contribution is -0.149. The molecule has 1 aromatic carbocycles. The monoisotopic (exact) mass is 579 g/mol. The minimum Gasteiger partial charge on any atom is -0.462 e. The van der Waals surface area contributed by atoms with E-state index in [1.54, 1.807) is 51.1 Å². The van der Waals surface area contributed by atoms with Crippen molar-refractivity contribution in [2.24, 2.45) is 11.8 Å². The van der Waals surface area contributed by atoms with Gasteiger partial charge in [0.1, 0.15) is 17.3 Å². The van der Waals surface area contributed by atoms with Crippen LogP contribution in [-0.4, -0.2) is 61.1 Å². The highest BCUT2D eigenvalue weighted by molar-refractivity contribution is 7.52. The zero-order valence-corrected chi connectivity index (χ0v) is 23.8. The van der Waals surface area contributed by atoms with Gasteiger partial charge in [0.15, 0.2) is 17.1 Å². The van der Waals surface area contributed by atoms with Crippen molar-refractivity contribution < 1.29 is 32.6 Å². The third-order valence-electron chi connectivity index (χ3n) is 6.96. The van der Waals surface area contributed by atoms with Gasteiger partial charge in [0.25, 0.3) is 0 Å². The van der Waals surface area contributed by atoms with Gasteiger partial charge in [-0.05, 0) is 45.7 Å². The van der Waals surface area contributed by atoms with E-state index in [9.17, 15) is 14.5 Å². The molecule has 0 saturated heterocycles. The molecular formula is C25H35FN7O6P. The average molecular weight is 580 g/mol. The Morgan fingerprint density at radius 1 is 1.25 bits per heavy atom. The summed E-state index contributed by atoms with van der Waals surface area (Å²) < 4.78 is 48.2. The maximum Gasteiger partial charge on any atom is 0.459 e. The number of esters is 1. The van der Waals surface area contributed by atoms with Crippen molar-refractivity contribution in [3.05, 3.63) is 36.7 Å². The van der Waals surface area contributed by atoms with Crippen LogP contribution >= 0.6 is 7.75 Å². The molecule has 1 fully saturated rings. The Morgan fingerprint density at radius 2 is 1.93 bits per heavy atom. The van der Waals surface area contributed by atoms with Crippen LogP contribution in [0.2, 0.25) is 0 Å². The lowest BCUT2D eigenvalue weighted by Crippen LogP contribution is -2.39. The minimum absolute atomic E-state index is 0.0445. The molecule has 0 aliphatic heterocycles. The highest BCUT2D eigenvalue weighted by atomic mass is 31.2. The van der Waals surface area contributed by atoms with E-state index < -0.39 is 55.5 Å². The number of nitrogens with two attached hydrogens (primary N) is 2. The van der Waals surface area contributed by atoms with Gasteiger partial charge in [0.05, 0.1) is 31.2 Å². The summed E-state index contributed by atoms with van der Waals surface area (Å²) in [5.41, 5.74) is 9.97. The van der Waals surface area contributed by atoms with E-state index in [0.717, 1.165) is 0 Å². The van der Waals surface area contributed by atoms with Crippen LogP contribution in [0.5, 0.6) is 5.75 Å². The predicted molar refractivity (Wildman–Crippen MR) is 146 cm³/mol. The number of halogens is 1. The summed E-state index contributed by atoms with van der Waals surface area (Å²) in [7, 11) is -4.23. The first-order valence-corrected chi connectivity index (χ1v) is 14.4. The summed E-state index contributed by atoms with van der Waals surface area (Å²) in [5.74, 6) is -1.92. The molecule has 0 bridgehead atoms. The minimum atomic E-state index is -4.23. The van der Waals surface area contributed by atoms with Gasteiger partial charge in [0, 0.05) is 5.92 Å². The predicted octanol–water partition coefficient (Wildman–Crippen LogP) is 3.02. The van der Waals surface area contributed by atoms with E-state index in [0.29, 0.717) is 0 Å². The normalized spacial score (nSPS) is 27.0. The highest BCUT2D eigenvalue weighted by Crippen LogP contribution is 2.53. The topological polar surface area (TPSA) is 190 Å². The number of nitrogens with zero attached hydrogens (tertiary/aromatic N) is 4. The molecule has 15 heteroatoms. The molecule has 3 aromatic rings. The van der Waals surface area contributed by atoms with E-state index >= 15 is 4.39 Å². The first-order chi connectivity index (χ1) is 18.7. The van der Waals surface area contributed by atoms with Crippen molar-refractivity contribution in [1.29, 1.82) is 0 Å². The van der Waals surface area contributed by atoms with Crippen LogP contribution in [0, 0.1) is 11.8 Å². The van der Waals surface area contributed by atoms with Crippen LogP contribution < -0.4 is 21.1 Å². The first kappa shape index (κ1) is 29.7. The standard InChI is InChI=1S/C25H35FN7O6P/c1-13(2)38-23(35)15(4)32-40(36,39-16-9-7-6-8-10-16)37-11-17-14(3)19(25(5,26)20(17)34)33-12-29-18-21(27)30-24(28)31-22(18)33/h6-10,12-15,17,19-20,34H,11H2,1-5H3,(H,32,36)(H4,27,28,30,31)/t14-,15-,17-,19+,20+,25-,40-/m0/s1. The number of rotatable bonds is 10. The van der Waals surface area contributed by atoms with Gasteiger partial charge < -0.3 is 30.4 Å². The number of nitrogens with one attached hydrogen (secondary N) is 1. The number of anilines is 2. The van der Waals surface area contributed by atoms with E-state index in [1.807, 2.05) is 0 Å². The third kappa shape index (κ3) is 5.90. The fraction of sp³-hybridized carbons (Fsp3) is 0.520. The SMILES string of the molecule is CC(C)OC(=O)[C@H](C)N[P@](=O)(OC[C@H]1[C@H](C)[C@@H](n2cnc3c(N)nc(N)nc32)[C@](C)(F)[C@@H]1O)Oc1ccccc1. The second-order valence-corrected chi connectivity index (χ2v) is 12.1. The molecule has 4 rings (SSSR count). The first-order valence-electron chi connectivity index (χ1n) is 12.8. The molecule has 13 nitrogen and oxygen atoms in total. The molecule has 1 aliphatic carbocycles. The van der Waals surface area contributed by atoms with E-state index in [1.165, 1.54) is 24.7 Å². The van der Waals surface area contributed by atoms with Crippen molar-refractivity contribution in [2.45, 2.75) is 64.6 Å². The number of para-hydroxylation sites is 1. The zero-order valence-electron chi connectivity index (χ0n) is 22.9. The molecule has 2 heterocycles. The van der Waals surface area contributed by atoms with Crippen molar-refractivity contribution in [3.8, 4) is 5.75 Å². The van der Waals surface area contributed by atoms with Crippen molar-refractivity contribution in [1.82, 2.24) is 24.6 Å². The zero-order chi connectivity index (χ0) is 29.4. The number of nitrogen functional groups attached to an aromatic ring is 2.